The molecule has 3 N–H and O–H groups in total. The molecule has 2 atom stereocenters. The van der Waals surface area contributed by atoms with Crippen molar-refractivity contribution >= 4 is 34.8 Å². The number of rotatable bonds is 14. The fraction of sp³-hybridized carbons (Fsp3) is 0.524. The third-order valence-corrected chi connectivity index (χ3v) is 5.21. The van der Waals surface area contributed by atoms with E-state index in [4.69, 9.17) is 14.2 Å². The van der Waals surface area contributed by atoms with E-state index in [0.717, 1.165) is 17.3 Å². The topological polar surface area (TPSA) is 140 Å². The van der Waals surface area contributed by atoms with Gasteiger partial charge in [0.25, 0.3) is 0 Å². The average molecular weight is 471 g/mol. The van der Waals surface area contributed by atoms with Gasteiger partial charge in [0.05, 0.1) is 0 Å². The molecule has 0 aromatic heterocycles. The number of ether oxygens (including phenoxy) is 3. The van der Waals surface area contributed by atoms with Crippen molar-refractivity contribution in [1.82, 2.24) is 10.6 Å². The second kappa shape index (κ2) is 15.2. The van der Waals surface area contributed by atoms with E-state index in [2.05, 4.69) is 10.6 Å². The van der Waals surface area contributed by atoms with Crippen LogP contribution in [-0.2, 0) is 35.2 Å². The molecule has 0 fully saturated rings. The molecular formula is C21H30N2O8S. The zero-order chi connectivity index (χ0) is 23.9. The van der Waals surface area contributed by atoms with Crippen LogP contribution in [0.4, 0.5) is 4.79 Å². The van der Waals surface area contributed by atoms with Crippen molar-refractivity contribution in [1.29, 1.82) is 0 Å². The standard InChI is InChI=1S/C21H30N2O8S/c1-14(24)32-12-11-16(23-21(28)31-13-15-7-5-4-6-8-15)19(25)22-17(20(26)27)9-10-18(29-2)30-3/h4-8,16-18H,9-13H2,1-3H3,(H,22,25)(H,23,28)(H,26,27)/t16-,17+/m0/s1. The summed E-state index contributed by atoms with van der Waals surface area (Å²) in [5.41, 5.74) is 0.771. The molecule has 1 rings (SSSR count). The number of carboxylic acids is 1. The van der Waals surface area contributed by atoms with Crippen molar-refractivity contribution in [2.45, 2.75) is 51.2 Å². The molecule has 0 unspecified atom stereocenters. The van der Waals surface area contributed by atoms with Gasteiger partial charge in [0, 0.05) is 33.3 Å². The van der Waals surface area contributed by atoms with E-state index in [9.17, 15) is 24.3 Å². The normalized spacial score (nSPS) is 12.6. The van der Waals surface area contributed by atoms with E-state index in [0.29, 0.717) is 0 Å². The SMILES string of the molecule is COC(CC[C@@H](NC(=O)[C@H](CCSC(C)=O)NC(=O)OCc1ccccc1)C(=O)O)OC. The van der Waals surface area contributed by atoms with E-state index in [1.165, 1.54) is 21.1 Å². The number of thioether (sulfide) groups is 1. The van der Waals surface area contributed by atoms with Crippen molar-refractivity contribution in [2.24, 2.45) is 0 Å². The zero-order valence-electron chi connectivity index (χ0n) is 18.4. The first-order chi connectivity index (χ1) is 15.3. The summed E-state index contributed by atoms with van der Waals surface area (Å²) in [5, 5.41) is 14.2. The number of carbonyl (C=O) groups excluding carboxylic acids is 3. The Labute approximate surface area is 191 Å². The second-order valence-electron chi connectivity index (χ2n) is 6.77. The summed E-state index contributed by atoms with van der Waals surface area (Å²) in [4.78, 5) is 47.7. The molecule has 0 aliphatic rings. The van der Waals surface area contributed by atoms with Gasteiger partial charge in [-0.05, 0) is 18.4 Å². The number of carbonyl (C=O) groups is 4. The molecule has 0 spiro atoms. The van der Waals surface area contributed by atoms with Gasteiger partial charge in [0.2, 0.25) is 5.91 Å². The fourth-order valence-electron chi connectivity index (χ4n) is 2.66. The molecule has 10 nitrogen and oxygen atoms in total. The highest BCUT2D eigenvalue weighted by atomic mass is 32.2. The van der Waals surface area contributed by atoms with Gasteiger partial charge < -0.3 is 30.0 Å². The number of methoxy groups -OCH3 is 2. The van der Waals surface area contributed by atoms with Crippen molar-refractivity contribution < 1.29 is 38.5 Å². The minimum absolute atomic E-state index is 0.0103. The molecule has 0 radical (unpaired) electrons. The molecule has 0 bridgehead atoms. The maximum absolute atomic E-state index is 12.7. The molecule has 0 heterocycles. The number of aliphatic carboxylic acids is 1. The third-order valence-electron chi connectivity index (χ3n) is 4.36. The average Bonchev–Trinajstić information content (AvgIpc) is 2.77. The van der Waals surface area contributed by atoms with Crippen LogP contribution >= 0.6 is 11.8 Å². The summed E-state index contributed by atoms with van der Waals surface area (Å²) in [6.45, 7) is 1.40. The monoisotopic (exact) mass is 470 g/mol. The molecule has 0 aliphatic heterocycles. The second-order valence-corrected chi connectivity index (χ2v) is 8.04. The van der Waals surface area contributed by atoms with E-state index in [1.54, 1.807) is 24.3 Å². The number of amides is 2. The van der Waals surface area contributed by atoms with Crippen LogP contribution in [0.2, 0.25) is 0 Å². The van der Waals surface area contributed by atoms with Crippen LogP contribution in [-0.4, -0.2) is 66.5 Å². The summed E-state index contributed by atoms with van der Waals surface area (Å²) in [5.74, 6) is -1.66. The molecule has 0 saturated carbocycles. The van der Waals surface area contributed by atoms with Gasteiger partial charge in [0.1, 0.15) is 18.7 Å². The first kappa shape index (κ1) is 27.4. The lowest BCUT2D eigenvalue weighted by atomic mass is 10.1. The Morgan fingerprint density at radius 1 is 0.969 bits per heavy atom. The first-order valence-corrected chi connectivity index (χ1v) is 10.9. The quantitative estimate of drug-likeness (QED) is 0.348. The summed E-state index contributed by atoms with van der Waals surface area (Å²) >= 11 is 0.999. The minimum Gasteiger partial charge on any atom is -0.480 e. The Kier molecular flexibility index (Phi) is 13.0. The van der Waals surface area contributed by atoms with Gasteiger partial charge in [0.15, 0.2) is 11.4 Å². The lowest BCUT2D eigenvalue weighted by Crippen LogP contribution is -2.52. The van der Waals surface area contributed by atoms with Crippen LogP contribution in [0, 0.1) is 0 Å². The minimum atomic E-state index is -1.23. The molecule has 32 heavy (non-hydrogen) atoms. The summed E-state index contributed by atoms with van der Waals surface area (Å²) in [7, 11) is 2.85. The molecule has 1 aromatic carbocycles. The van der Waals surface area contributed by atoms with Gasteiger partial charge in [-0.3, -0.25) is 9.59 Å². The Morgan fingerprint density at radius 3 is 2.19 bits per heavy atom. The maximum Gasteiger partial charge on any atom is 0.408 e. The van der Waals surface area contributed by atoms with E-state index < -0.39 is 36.3 Å². The van der Waals surface area contributed by atoms with Crippen LogP contribution in [0.15, 0.2) is 30.3 Å². The Morgan fingerprint density at radius 2 is 1.62 bits per heavy atom. The van der Waals surface area contributed by atoms with Gasteiger partial charge in [-0.2, -0.15) is 0 Å². The lowest BCUT2D eigenvalue weighted by Gasteiger charge is -2.22. The van der Waals surface area contributed by atoms with Crippen LogP contribution in [0.5, 0.6) is 0 Å². The Hall–Kier alpha value is -2.63. The molecular weight excluding hydrogens is 440 g/mol. The Bertz CT molecular complexity index is 743. The maximum atomic E-state index is 12.7. The van der Waals surface area contributed by atoms with E-state index in [1.807, 2.05) is 6.07 Å². The summed E-state index contributed by atoms with van der Waals surface area (Å²) < 4.78 is 15.2. The number of hydrogen-bond donors (Lipinski definition) is 3. The van der Waals surface area contributed by atoms with Crippen LogP contribution in [0.1, 0.15) is 31.7 Å². The molecule has 0 saturated heterocycles. The van der Waals surface area contributed by atoms with Crippen molar-refractivity contribution in [3.05, 3.63) is 35.9 Å². The highest BCUT2D eigenvalue weighted by Crippen LogP contribution is 2.10. The number of hydrogen-bond acceptors (Lipinski definition) is 8. The smallest absolute Gasteiger partial charge is 0.408 e. The molecule has 1 aromatic rings. The van der Waals surface area contributed by atoms with Crippen LogP contribution in [0.25, 0.3) is 0 Å². The summed E-state index contributed by atoms with van der Waals surface area (Å²) in [6.07, 6.45) is -1.03. The Balaban J connectivity index is 2.73. The molecule has 0 aliphatic carbocycles. The predicted octanol–water partition coefficient (Wildman–Crippen LogP) is 1.92. The number of carboxylic acid groups (broad SMARTS) is 1. The zero-order valence-corrected chi connectivity index (χ0v) is 19.2. The van der Waals surface area contributed by atoms with E-state index >= 15 is 0 Å². The third kappa shape index (κ3) is 11.1. The van der Waals surface area contributed by atoms with Crippen molar-refractivity contribution in [3.8, 4) is 0 Å². The highest BCUT2D eigenvalue weighted by Gasteiger charge is 2.27. The molecule has 178 valence electrons. The molecule has 11 heteroatoms. The van der Waals surface area contributed by atoms with Gasteiger partial charge in [-0.1, -0.05) is 42.1 Å². The number of nitrogens with one attached hydrogen (secondary N) is 2. The summed E-state index contributed by atoms with van der Waals surface area (Å²) in [6, 6.07) is 6.72. The highest BCUT2D eigenvalue weighted by molar-refractivity contribution is 8.13. The van der Waals surface area contributed by atoms with Crippen LogP contribution in [0.3, 0.4) is 0 Å². The molecule has 2 amide bonds. The van der Waals surface area contributed by atoms with Gasteiger partial charge in [-0.15, -0.1) is 0 Å². The van der Waals surface area contributed by atoms with Crippen LogP contribution < -0.4 is 10.6 Å². The fourth-order valence-corrected chi connectivity index (χ4v) is 3.30. The van der Waals surface area contributed by atoms with Gasteiger partial charge >= 0.3 is 12.1 Å². The van der Waals surface area contributed by atoms with E-state index in [-0.39, 0.29) is 36.7 Å². The van der Waals surface area contributed by atoms with Crippen molar-refractivity contribution in [3.63, 3.8) is 0 Å². The largest absolute Gasteiger partial charge is 0.480 e. The first-order valence-electron chi connectivity index (χ1n) is 9.96. The number of alkyl carbamates (subject to hydrolysis) is 1. The lowest BCUT2D eigenvalue weighted by molar-refractivity contribution is -0.144. The van der Waals surface area contributed by atoms with Gasteiger partial charge in [-0.25, -0.2) is 9.59 Å². The predicted molar refractivity (Wildman–Crippen MR) is 118 cm³/mol. The number of benzene rings is 1. The van der Waals surface area contributed by atoms with Crippen molar-refractivity contribution in [2.75, 3.05) is 20.0 Å².